The molecule has 4 rings (SSSR count). The van der Waals surface area contributed by atoms with Gasteiger partial charge in [-0.3, -0.25) is 0 Å². The molecule has 2 heterocycles. The van der Waals surface area contributed by atoms with E-state index in [2.05, 4.69) is 9.88 Å². The SMILES string of the molecule is OC1(Cc2nc3ccccc3n2Cc2ccc(F)cc2)CCNCC1. The first-order valence-corrected chi connectivity index (χ1v) is 8.75. The Kier molecular flexibility index (Phi) is 4.27. The molecule has 130 valence electrons. The van der Waals surface area contributed by atoms with Crippen LogP contribution >= 0.6 is 0 Å². The third-order valence-electron chi connectivity index (χ3n) is 5.01. The van der Waals surface area contributed by atoms with Crippen LogP contribution in [-0.4, -0.2) is 33.3 Å². The topological polar surface area (TPSA) is 50.1 Å². The Labute approximate surface area is 146 Å². The van der Waals surface area contributed by atoms with Gasteiger partial charge in [0.2, 0.25) is 0 Å². The maximum absolute atomic E-state index is 13.2. The summed E-state index contributed by atoms with van der Waals surface area (Å²) in [4.78, 5) is 4.77. The maximum Gasteiger partial charge on any atom is 0.123 e. The van der Waals surface area contributed by atoms with Gasteiger partial charge in [-0.2, -0.15) is 0 Å². The standard InChI is InChI=1S/C20H22FN3O/c21-16-7-5-15(6-8-16)14-24-18-4-2-1-3-17(18)23-19(24)13-20(25)9-11-22-12-10-20/h1-8,22,25H,9-14H2. The van der Waals surface area contributed by atoms with Crippen molar-refractivity contribution in [1.82, 2.24) is 14.9 Å². The molecule has 3 aromatic rings. The second-order valence-electron chi connectivity index (χ2n) is 6.88. The number of hydrogen-bond acceptors (Lipinski definition) is 3. The van der Waals surface area contributed by atoms with E-state index in [0.29, 0.717) is 13.0 Å². The fourth-order valence-electron chi connectivity index (χ4n) is 3.57. The zero-order valence-corrected chi connectivity index (χ0v) is 14.1. The molecule has 1 aromatic heterocycles. The Morgan fingerprint density at radius 3 is 2.56 bits per heavy atom. The summed E-state index contributed by atoms with van der Waals surface area (Å²) in [6.07, 6.45) is 1.99. The van der Waals surface area contributed by atoms with Gasteiger partial charge < -0.3 is 15.0 Å². The first kappa shape index (κ1) is 16.2. The second kappa shape index (κ2) is 6.58. The Morgan fingerprint density at radius 2 is 1.80 bits per heavy atom. The number of aromatic nitrogens is 2. The normalized spacial score (nSPS) is 17.0. The van der Waals surface area contributed by atoms with E-state index in [9.17, 15) is 9.50 Å². The van der Waals surface area contributed by atoms with Crippen LogP contribution in [0.3, 0.4) is 0 Å². The molecule has 0 aliphatic carbocycles. The molecule has 0 bridgehead atoms. The minimum absolute atomic E-state index is 0.233. The van der Waals surface area contributed by atoms with E-state index in [4.69, 9.17) is 4.98 Å². The summed E-state index contributed by atoms with van der Waals surface area (Å²) < 4.78 is 15.3. The van der Waals surface area contributed by atoms with Crippen molar-refractivity contribution >= 4 is 11.0 Å². The molecule has 25 heavy (non-hydrogen) atoms. The number of piperidine rings is 1. The van der Waals surface area contributed by atoms with Crippen molar-refractivity contribution in [2.45, 2.75) is 31.4 Å². The van der Waals surface area contributed by atoms with Gasteiger partial charge in [-0.1, -0.05) is 24.3 Å². The van der Waals surface area contributed by atoms with E-state index >= 15 is 0 Å². The quantitative estimate of drug-likeness (QED) is 0.768. The fraction of sp³-hybridized carbons (Fsp3) is 0.350. The molecule has 1 fully saturated rings. The lowest BCUT2D eigenvalue weighted by atomic mass is 9.89. The minimum atomic E-state index is -0.715. The molecule has 5 heteroatoms. The van der Waals surface area contributed by atoms with Gasteiger partial charge in [-0.25, -0.2) is 9.37 Å². The molecule has 2 aromatic carbocycles. The summed E-state index contributed by atoms with van der Waals surface area (Å²) in [6, 6.07) is 14.6. The van der Waals surface area contributed by atoms with Crippen LogP contribution in [0.15, 0.2) is 48.5 Å². The average molecular weight is 339 g/mol. The molecular formula is C20H22FN3O. The number of rotatable bonds is 4. The van der Waals surface area contributed by atoms with Crippen LogP contribution in [-0.2, 0) is 13.0 Å². The predicted octanol–water partition coefficient (Wildman–Crippen LogP) is 2.88. The van der Waals surface area contributed by atoms with Crippen LogP contribution in [0.5, 0.6) is 0 Å². The Morgan fingerprint density at radius 1 is 1.08 bits per heavy atom. The average Bonchev–Trinajstić information content (AvgIpc) is 2.94. The number of aliphatic hydroxyl groups is 1. The lowest BCUT2D eigenvalue weighted by molar-refractivity contribution is 0.00857. The molecule has 0 radical (unpaired) electrons. The zero-order valence-electron chi connectivity index (χ0n) is 14.1. The van der Waals surface area contributed by atoms with E-state index in [1.165, 1.54) is 12.1 Å². The highest BCUT2D eigenvalue weighted by atomic mass is 19.1. The van der Waals surface area contributed by atoms with Gasteiger partial charge in [0.25, 0.3) is 0 Å². The molecule has 0 unspecified atom stereocenters. The largest absolute Gasteiger partial charge is 0.389 e. The van der Waals surface area contributed by atoms with Gasteiger partial charge in [0.1, 0.15) is 11.6 Å². The first-order chi connectivity index (χ1) is 12.1. The number of halogens is 1. The van der Waals surface area contributed by atoms with E-state index in [-0.39, 0.29) is 5.82 Å². The van der Waals surface area contributed by atoms with Crippen molar-refractivity contribution in [2.24, 2.45) is 0 Å². The van der Waals surface area contributed by atoms with E-state index in [1.54, 1.807) is 12.1 Å². The van der Waals surface area contributed by atoms with Crippen molar-refractivity contribution in [2.75, 3.05) is 13.1 Å². The van der Waals surface area contributed by atoms with Crippen LogP contribution in [0.4, 0.5) is 4.39 Å². The minimum Gasteiger partial charge on any atom is -0.389 e. The Bertz CT molecular complexity index is 866. The number of benzene rings is 2. The first-order valence-electron chi connectivity index (χ1n) is 8.75. The van der Waals surface area contributed by atoms with E-state index < -0.39 is 5.60 Å². The number of nitrogens with zero attached hydrogens (tertiary/aromatic N) is 2. The van der Waals surface area contributed by atoms with Crippen molar-refractivity contribution in [1.29, 1.82) is 0 Å². The van der Waals surface area contributed by atoms with Gasteiger partial charge in [-0.15, -0.1) is 0 Å². The van der Waals surface area contributed by atoms with Crippen LogP contribution in [0.2, 0.25) is 0 Å². The Hall–Kier alpha value is -2.24. The number of para-hydroxylation sites is 2. The highest BCUT2D eigenvalue weighted by molar-refractivity contribution is 5.76. The smallest absolute Gasteiger partial charge is 0.123 e. The zero-order chi connectivity index (χ0) is 17.3. The molecule has 0 spiro atoms. The molecular weight excluding hydrogens is 317 g/mol. The maximum atomic E-state index is 13.2. The number of nitrogens with one attached hydrogen (secondary N) is 1. The van der Waals surface area contributed by atoms with Gasteiger partial charge in [0.05, 0.1) is 16.6 Å². The molecule has 0 saturated carbocycles. The molecule has 1 saturated heterocycles. The molecule has 0 atom stereocenters. The van der Waals surface area contributed by atoms with Gasteiger partial charge in [-0.05, 0) is 55.8 Å². The third kappa shape index (κ3) is 3.43. The van der Waals surface area contributed by atoms with E-state index in [0.717, 1.165) is 48.4 Å². The number of hydrogen-bond donors (Lipinski definition) is 2. The molecule has 4 nitrogen and oxygen atoms in total. The summed E-state index contributed by atoms with van der Waals surface area (Å²) >= 11 is 0. The highest BCUT2D eigenvalue weighted by Crippen LogP contribution is 2.26. The molecule has 0 amide bonds. The summed E-state index contributed by atoms with van der Waals surface area (Å²) in [5, 5.41) is 14.2. The van der Waals surface area contributed by atoms with Crippen molar-refractivity contribution in [3.63, 3.8) is 0 Å². The van der Waals surface area contributed by atoms with E-state index in [1.807, 2.05) is 24.3 Å². The van der Waals surface area contributed by atoms with Crippen LogP contribution in [0.1, 0.15) is 24.2 Å². The highest BCUT2D eigenvalue weighted by Gasteiger charge is 2.31. The summed E-state index contributed by atoms with van der Waals surface area (Å²) in [6.45, 7) is 2.27. The van der Waals surface area contributed by atoms with Crippen LogP contribution < -0.4 is 5.32 Å². The summed E-state index contributed by atoms with van der Waals surface area (Å²) in [5.41, 5.74) is 2.27. The van der Waals surface area contributed by atoms with Gasteiger partial charge in [0.15, 0.2) is 0 Å². The van der Waals surface area contributed by atoms with Crippen molar-refractivity contribution in [3.05, 3.63) is 65.7 Å². The molecule has 2 N–H and O–H groups in total. The lowest BCUT2D eigenvalue weighted by Crippen LogP contribution is -2.43. The summed E-state index contributed by atoms with van der Waals surface area (Å²) in [7, 11) is 0. The van der Waals surface area contributed by atoms with Crippen LogP contribution in [0, 0.1) is 5.82 Å². The second-order valence-corrected chi connectivity index (χ2v) is 6.88. The third-order valence-corrected chi connectivity index (χ3v) is 5.01. The Balaban J connectivity index is 1.71. The fourth-order valence-corrected chi connectivity index (χ4v) is 3.57. The number of imidazole rings is 1. The van der Waals surface area contributed by atoms with Gasteiger partial charge in [0, 0.05) is 13.0 Å². The molecule has 1 aliphatic heterocycles. The lowest BCUT2D eigenvalue weighted by Gasteiger charge is -2.32. The predicted molar refractivity (Wildman–Crippen MR) is 96.0 cm³/mol. The van der Waals surface area contributed by atoms with Gasteiger partial charge >= 0.3 is 0 Å². The number of fused-ring (bicyclic) bond motifs is 1. The van der Waals surface area contributed by atoms with Crippen molar-refractivity contribution < 1.29 is 9.50 Å². The van der Waals surface area contributed by atoms with Crippen molar-refractivity contribution in [3.8, 4) is 0 Å². The monoisotopic (exact) mass is 339 g/mol. The molecule has 1 aliphatic rings. The van der Waals surface area contributed by atoms with Crippen LogP contribution in [0.25, 0.3) is 11.0 Å². The summed E-state index contributed by atoms with van der Waals surface area (Å²) in [5.74, 6) is 0.651.